The molecule has 0 fully saturated rings. The zero-order valence-electron chi connectivity index (χ0n) is 20.9. The average molecular weight is 485 g/mol. The third-order valence-corrected chi connectivity index (χ3v) is 5.43. The number of anilines is 1. The summed E-state index contributed by atoms with van der Waals surface area (Å²) in [7, 11) is 0. The third-order valence-electron chi connectivity index (χ3n) is 5.43. The van der Waals surface area contributed by atoms with E-state index < -0.39 is 5.91 Å². The van der Waals surface area contributed by atoms with Crippen LogP contribution >= 0.6 is 0 Å². The first-order valence-corrected chi connectivity index (χ1v) is 12.0. The number of carbonyl (C=O) groups is 2. The Morgan fingerprint density at radius 2 is 1.50 bits per heavy atom. The van der Waals surface area contributed by atoms with E-state index in [0.29, 0.717) is 12.2 Å². The lowest BCUT2D eigenvalue weighted by Gasteiger charge is -2.20. The summed E-state index contributed by atoms with van der Waals surface area (Å²) >= 11 is 0. The Morgan fingerprint density at radius 3 is 2.11 bits per heavy atom. The maximum Gasteiger partial charge on any atom is 0.287 e. The molecule has 7 heteroatoms. The Bertz CT molecular complexity index is 1180. The number of amides is 2. The Hall–Kier alpha value is -4.39. The fraction of sp³-hybridized carbons (Fsp3) is 0.207. The van der Waals surface area contributed by atoms with Crippen molar-refractivity contribution in [2.24, 2.45) is 5.10 Å². The molecular weight excluding hydrogens is 452 g/mol. The molecule has 0 radical (unpaired) electrons. The largest absolute Gasteiger partial charge is 0.494 e. The average Bonchev–Trinajstić information content (AvgIpc) is 2.91. The van der Waals surface area contributed by atoms with Crippen LogP contribution < -0.4 is 20.4 Å². The Balaban J connectivity index is 1.78. The summed E-state index contributed by atoms with van der Waals surface area (Å²) < 4.78 is 5.43. The number of hydrazone groups is 1. The van der Waals surface area contributed by atoms with Crippen molar-refractivity contribution >= 4 is 29.8 Å². The molecule has 36 heavy (non-hydrogen) atoms. The topological polar surface area (TPSA) is 83.0 Å². The number of benzene rings is 3. The molecule has 3 rings (SSSR count). The molecule has 0 saturated heterocycles. The van der Waals surface area contributed by atoms with Gasteiger partial charge in [-0.05, 0) is 86.5 Å². The lowest BCUT2D eigenvalue weighted by atomic mass is 10.1. The van der Waals surface area contributed by atoms with E-state index in [-0.39, 0.29) is 11.6 Å². The number of nitrogens with zero attached hydrogens (tertiary/aromatic N) is 2. The van der Waals surface area contributed by atoms with E-state index in [2.05, 4.69) is 34.6 Å². The number of hydrogen-bond donors (Lipinski definition) is 2. The molecule has 2 N–H and O–H groups in total. The molecule has 186 valence electrons. The number of rotatable bonds is 11. The Morgan fingerprint density at radius 1 is 0.861 bits per heavy atom. The molecule has 2 amide bonds. The minimum absolute atomic E-state index is 0.0864. The van der Waals surface area contributed by atoms with Gasteiger partial charge >= 0.3 is 0 Å². The van der Waals surface area contributed by atoms with Crippen LogP contribution in [0.5, 0.6) is 5.75 Å². The van der Waals surface area contributed by atoms with E-state index in [1.165, 1.54) is 6.21 Å². The molecule has 0 aromatic heterocycles. The van der Waals surface area contributed by atoms with Crippen molar-refractivity contribution in [1.29, 1.82) is 0 Å². The van der Waals surface area contributed by atoms with Gasteiger partial charge in [0.2, 0.25) is 0 Å². The van der Waals surface area contributed by atoms with Crippen LogP contribution in [0.3, 0.4) is 0 Å². The Kier molecular flexibility index (Phi) is 9.82. The summed E-state index contributed by atoms with van der Waals surface area (Å²) in [5, 5.41) is 6.78. The minimum Gasteiger partial charge on any atom is -0.494 e. The van der Waals surface area contributed by atoms with Crippen molar-refractivity contribution in [2.75, 3.05) is 24.6 Å². The second kappa shape index (κ2) is 13.5. The monoisotopic (exact) mass is 484 g/mol. The van der Waals surface area contributed by atoms with E-state index >= 15 is 0 Å². The molecule has 0 aliphatic heterocycles. The van der Waals surface area contributed by atoms with Gasteiger partial charge in [0.15, 0.2) is 0 Å². The summed E-state index contributed by atoms with van der Waals surface area (Å²) in [4.78, 5) is 28.0. The van der Waals surface area contributed by atoms with Gasteiger partial charge in [-0.25, -0.2) is 5.43 Å². The molecule has 0 aliphatic rings. The van der Waals surface area contributed by atoms with Crippen molar-refractivity contribution in [2.45, 2.75) is 20.8 Å². The van der Waals surface area contributed by atoms with Crippen molar-refractivity contribution in [3.63, 3.8) is 0 Å². The van der Waals surface area contributed by atoms with Gasteiger partial charge in [0, 0.05) is 24.3 Å². The summed E-state index contributed by atoms with van der Waals surface area (Å²) in [6.07, 6.45) is 3.16. The standard InChI is InChI=1S/C29H32N4O3/c1-4-33(5-2)25-16-12-22(13-17-25)20-27(31-28(34)24-10-8-7-9-11-24)29(35)32-30-21-23-14-18-26(19-15-23)36-6-3/h7-21H,4-6H2,1-3H3,(H,31,34)(H,32,35)/b27-20-,30-21?. The molecule has 0 bridgehead atoms. The number of nitrogens with one attached hydrogen (secondary N) is 2. The molecule has 7 nitrogen and oxygen atoms in total. The van der Waals surface area contributed by atoms with Crippen LogP contribution in [0.25, 0.3) is 6.08 Å². The van der Waals surface area contributed by atoms with Gasteiger partial charge in [-0.2, -0.15) is 5.10 Å². The van der Waals surface area contributed by atoms with Crippen LogP contribution in [-0.4, -0.2) is 37.7 Å². The van der Waals surface area contributed by atoms with Crippen LogP contribution in [0.2, 0.25) is 0 Å². The molecule has 0 spiro atoms. The molecule has 0 aliphatic carbocycles. The van der Waals surface area contributed by atoms with Crippen LogP contribution in [0.1, 0.15) is 42.3 Å². The lowest BCUT2D eigenvalue weighted by Crippen LogP contribution is -2.32. The Labute approximate surface area is 212 Å². The summed E-state index contributed by atoms with van der Waals surface area (Å²) in [5.41, 5.74) is 5.71. The van der Waals surface area contributed by atoms with E-state index in [4.69, 9.17) is 4.74 Å². The summed E-state index contributed by atoms with van der Waals surface area (Å²) in [6, 6.07) is 23.9. The fourth-order valence-corrected chi connectivity index (χ4v) is 3.52. The minimum atomic E-state index is -0.533. The van der Waals surface area contributed by atoms with Crippen LogP contribution in [0.4, 0.5) is 5.69 Å². The second-order valence-electron chi connectivity index (χ2n) is 7.84. The highest BCUT2D eigenvalue weighted by atomic mass is 16.5. The zero-order chi connectivity index (χ0) is 25.8. The van der Waals surface area contributed by atoms with Gasteiger partial charge in [0.1, 0.15) is 11.4 Å². The van der Waals surface area contributed by atoms with Gasteiger partial charge in [0.25, 0.3) is 11.8 Å². The van der Waals surface area contributed by atoms with Gasteiger partial charge in [-0.3, -0.25) is 9.59 Å². The van der Waals surface area contributed by atoms with Gasteiger partial charge in [-0.1, -0.05) is 30.3 Å². The van der Waals surface area contributed by atoms with Crippen LogP contribution in [0.15, 0.2) is 89.7 Å². The number of hydrogen-bond acceptors (Lipinski definition) is 5. The lowest BCUT2D eigenvalue weighted by molar-refractivity contribution is -0.117. The molecule has 0 unspecified atom stereocenters. The highest BCUT2D eigenvalue weighted by molar-refractivity contribution is 6.05. The quantitative estimate of drug-likeness (QED) is 0.232. The maximum atomic E-state index is 13.0. The maximum absolute atomic E-state index is 13.0. The van der Waals surface area contributed by atoms with E-state index in [1.54, 1.807) is 30.3 Å². The molecule has 3 aromatic rings. The highest BCUT2D eigenvalue weighted by Crippen LogP contribution is 2.17. The predicted octanol–water partition coefficient (Wildman–Crippen LogP) is 4.85. The van der Waals surface area contributed by atoms with Crippen LogP contribution in [0, 0.1) is 0 Å². The molecule has 0 saturated carbocycles. The van der Waals surface area contributed by atoms with Gasteiger partial charge in [-0.15, -0.1) is 0 Å². The number of carbonyl (C=O) groups excluding carboxylic acids is 2. The molecular formula is C29H32N4O3. The van der Waals surface area contributed by atoms with Crippen LogP contribution in [-0.2, 0) is 4.79 Å². The van der Waals surface area contributed by atoms with Gasteiger partial charge < -0.3 is 15.0 Å². The SMILES string of the molecule is CCOc1ccc(C=NNC(=O)/C(=C/c2ccc(N(CC)CC)cc2)NC(=O)c2ccccc2)cc1. The smallest absolute Gasteiger partial charge is 0.287 e. The normalized spacial score (nSPS) is 11.2. The predicted molar refractivity (Wildman–Crippen MR) is 145 cm³/mol. The summed E-state index contributed by atoms with van der Waals surface area (Å²) in [5.74, 6) is -0.152. The van der Waals surface area contributed by atoms with Crippen molar-refractivity contribution in [1.82, 2.24) is 10.7 Å². The first kappa shape index (κ1) is 26.2. The number of ether oxygens (including phenoxy) is 1. The van der Waals surface area contributed by atoms with Crippen molar-refractivity contribution in [3.8, 4) is 5.75 Å². The second-order valence-corrected chi connectivity index (χ2v) is 7.84. The highest BCUT2D eigenvalue weighted by Gasteiger charge is 2.14. The molecule has 0 atom stereocenters. The zero-order valence-corrected chi connectivity index (χ0v) is 20.9. The first-order valence-electron chi connectivity index (χ1n) is 12.0. The van der Waals surface area contributed by atoms with E-state index in [1.807, 2.05) is 61.5 Å². The summed E-state index contributed by atoms with van der Waals surface area (Å²) in [6.45, 7) is 8.52. The van der Waals surface area contributed by atoms with E-state index in [9.17, 15) is 9.59 Å². The molecule has 0 heterocycles. The van der Waals surface area contributed by atoms with Crippen molar-refractivity contribution in [3.05, 3.63) is 101 Å². The van der Waals surface area contributed by atoms with Crippen molar-refractivity contribution < 1.29 is 14.3 Å². The first-order chi connectivity index (χ1) is 17.5. The van der Waals surface area contributed by atoms with Gasteiger partial charge in [0.05, 0.1) is 12.8 Å². The van der Waals surface area contributed by atoms with E-state index in [0.717, 1.165) is 35.7 Å². The molecule has 3 aromatic carbocycles. The third kappa shape index (κ3) is 7.56. The fourth-order valence-electron chi connectivity index (χ4n) is 3.52.